The number of piperazine rings is 1. The minimum Gasteiger partial charge on any atom is -0.339 e. The molecule has 0 aliphatic carbocycles. The van der Waals surface area contributed by atoms with Gasteiger partial charge in [-0.25, -0.2) is 4.79 Å². The van der Waals surface area contributed by atoms with E-state index >= 15 is 0 Å². The Morgan fingerprint density at radius 1 is 0.966 bits per heavy atom. The number of urea groups is 1. The second-order valence-electron chi connectivity index (χ2n) is 7.59. The molecule has 3 rings (SSSR count). The minimum atomic E-state index is -0.632. The number of nitrogens with zero attached hydrogens (tertiary/aromatic N) is 3. The topological polar surface area (TPSA) is 73.0 Å². The van der Waals surface area contributed by atoms with E-state index in [1.807, 2.05) is 42.2 Å². The quantitative estimate of drug-likeness (QED) is 0.783. The summed E-state index contributed by atoms with van der Waals surface area (Å²) in [6.07, 6.45) is 2.51. The molecule has 1 aromatic rings. The molecule has 0 aromatic heterocycles. The average molecular weight is 399 g/mol. The Hall–Kier alpha value is -2.83. The number of carbonyl (C=O) groups is 3. The zero-order chi connectivity index (χ0) is 20.9. The molecule has 2 heterocycles. The Balaban J connectivity index is 1.76. The van der Waals surface area contributed by atoms with Crippen LogP contribution in [0.25, 0.3) is 0 Å². The third kappa shape index (κ3) is 4.28. The molecule has 0 radical (unpaired) electrons. The molecule has 0 spiro atoms. The number of hydrogen-bond acceptors (Lipinski definition) is 3. The number of nitrogens with one attached hydrogen (secondary N) is 1. The van der Waals surface area contributed by atoms with Gasteiger partial charge in [-0.05, 0) is 31.4 Å². The molecule has 1 N–H and O–H groups in total. The largest absolute Gasteiger partial charge is 0.339 e. The van der Waals surface area contributed by atoms with Gasteiger partial charge in [0.1, 0.15) is 0 Å². The van der Waals surface area contributed by atoms with Gasteiger partial charge >= 0.3 is 6.03 Å². The summed E-state index contributed by atoms with van der Waals surface area (Å²) < 4.78 is 0. The van der Waals surface area contributed by atoms with Crippen molar-refractivity contribution in [2.45, 2.75) is 25.2 Å². The van der Waals surface area contributed by atoms with Crippen molar-refractivity contribution in [3.05, 3.63) is 48.6 Å². The zero-order valence-electron chi connectivity index (χ0n) is 17.1. The van der Waals surface area contributed by atoms with Crippen molar-refractivity contribution in [1.29, 1.82) is 0 Å². The molecule has 0 atom stereocenters. The van der Waals surface area contributed by atoms with Crippen LogP contribution in [0, 0.1) is 0 Å². The standard InChI is InChI=1S/C22H30N4O3/c1-3-19(27)24-12-10-22(11-13-24,18-8-6-5-7-9-18)20(28)25-14-16-26(17-15-25)21(29)23-4-2/h3,5-9H,1,4,10-17H2,2H3,(H,23,29). The molecule has 7 nitrogen and oxygen atoms in total. The summed E-state index contributed by atoms with van der Waals surface area (Å²) in [6, 6.07) is 9.80. The Bertz CT molecular complexity index is 749. The van der Waals surface area contributed by atoms with Gasteiger partial charge in [-0.1, -0.05) is 36.9 Å². The molecule has 0 saturated carbocycles. The molecule has 0 bridgehead atoms. The van der Waals surface area contributed by atoms with Crippen LogP contribution in [0.2, 0.25) is 0 Å². The Morgan fingerprint density at radius 3 is 2.10 bits per heavy atom. The molecule has 156 valence electrons. The second kappa shape index (κ2) is 9.11. The van der Waals surface area contributed by atoms with Crippen LogP contribution in [0.3, 0.4) is 0 Å². The molecular weight excluding hydrogens is 368 g/mol. The number of likely N-dealkylation sites (tertiary alicyclic amines) is 1. The van der Waals surface area contributed by atoms with Gasteiger partial charge in [0.2, 0.25) is 11.8 Å². The highest BCUT2D eigenvalue weighted by atomic mass is 16.2. The number of piperidine rings is 1. The maximum atomic E-state index is 13.7. The van der Waals surface area contributed by atoms with Gasteiger partial charge < -0.3 is 20.0 Å². The van der Waals surface area contributed by atoms with E-state index in [1.54, 1.807) is 9.80 Å². The first-order chi connectivity index (χ1) is 14.0. The lowest BCUT2D eigenvalue weighted by atomic mass is 9.71. The molecule has 4 amide bonds. The summed E-state index contributed by atoms with van der Waals surface area (Å²) in [5.41, 5.74) is 0.370. The maximum absolute atomic E-state index is 13.7. The maximum Gasteiger partial charge on any atom is 0.317 e. The van der Waals surface area contributed by atoms with Gasteiger partial charge in [0.05, 0.1) is 5.41 Å². The number of rotatable bonds is 4. The Morgan fingerprint density at radius 2 is 1.55 bits per heavy atom. The van der Waals surface area contributed by atoms with Gasteiger partial charge in [0.15, 0.2) is 0 Å². The summed E-state index contributed by atoms with van der Waals surface area (Å²) in [5.74, 6) is 0.0135. The third-order valence-corrected chi connectivity index (χ3v) is 6.02. The fraction of sp³-hybridized carbons (Fsp3) is 0.500. The first-order valence-electron chi connectivity index (χ1n) is 10.3. The van der Waals surface area contributed by atoms with Crippen molar-refractivity contribution >= 4 is 17.8 Å². The highest BCUT2D eigenvalue weighted by molar-refractivity contribution is 5.90. The smallest absolute Gasteiger partial charge is 0.317 e. The fourth-order valence-electron chi connectivity index (χ4n) is 4.30. The van der Waals surface area contributed by atoms with Crippen molar-refractivity contribution in [2.75, 3.05) is 45.8 Å². The highest BCUT2D eigenvalue weighted by Crippen LogP contribution is 2.37. The van der Waals surface area contributed by atoms with Gasteiger partial charge in [-0.15, -0.1) is 0 Å². The van der Waals surface area contributed by atoms with E-state index in [9.17, 15) is 14.4 Å². The number of carbonyl (C=O) groups excluding carboxylic acids is 3. The van der Waals surface area contributed by atoms with Crippen molar-refractivity contribution in [2.24, 2.45) is 0 Å². The molecule has 29 heavy (non-hydrogen) atoms. The minimum absolute atomic E-state index is 0.0754. The van der Waals surface area contributed by atoms with Gasteiger partial charge in [-0.3, -0.25) is 9.59 Å². The van der Waals surface area contributed by atoms with Crippen LogP contribution in [-0.2, 0) is 15.0 Å². The summed E-state index contributed by atoms with van der Waals surface area (Å²) in [5, 5.41) is 2.81. The van der Waals surface area contributed by atoms with Gasteiger partial charge in [0.25, 0.3) is 0 Å². The van der Waals surface area contributed by atoms with Crippen molar-refractivity contribution < 1.29 is 14.4 Å². The molecule has 2 saturated heterocycles. The van der Waals surface area contributed by atoms with E-state index in [4.69, 9.17) is 0 Å². The van der Waals surface area contributed by atoms with E-state index in [0.29, 0.717) is 58.7 Å². The summed E-state index contributed by atoms with van der Waals surface area (Å²) in [4.78, 5) is 43.2. The number of benzene rings is 1. The van der Waals surface area contributed by atoms with Crippen LogP contribution in [0.4, 0.5) is 4.79 Å². The average Bonchev–Trinajstić information content (AvgIpc) is 2.79. The van der Waals surface area contributed by atoms with E-state index in [1.165, 1.54) is 6.08 Å². The molecular formula is C22H30N4O3. The van der Waals surface area contributed by atoms with Crippen LogP contribution >= 0.6 is 0 Å². The van der Waals surface area contributed by atoms with E-state index in [-0.39, 0.29) is 17.8 Å². The summed E-state index contributed by atoms with van der Waals surface area (Å²) >= 11 is 0. The highest BCUT2D eigenvalue weighted by Gasteiger charge is 2.46. The summed E-state index contributed by atoms with van der Waals surface area (Å²) in [6.45, 7) is 9.24. The van der Waals surface area contributed by atoms with Gasteiger partial charge in [-0.2, -0.15) is 0 Å². The fourth-order valence-corrected chi connectivity index (χ4v) is 4.30. The Kier molecular flexibility index (Phi) is 6.56. The van der Waals surface area contributed by atoms with E-state index < -0.39 is 5.41 Å². The van der Waals surface area contributed by atoms with Crippen molar-refractivity contribution in [1.82, 2.24) is 20.0 Å². The molecule has 0 unspecified atom stereocenters. The lowest BCUT2D eigenvalue weighted by Gasteiger charge is -2.45. The predicted octanol–water partition coefficient (Wildman–Crippen LogP) is 1.61. The molecule has 2 fully saturated rings. The van der Waals surface area contributed by atoms with Crippen LogP contribution < -0.4 is 5.32 Å². The van der Waals surface area contributed by atoms with Crippen molar-refractivity contribution in [3.63, 3.8) is 0 Å². The number of hydrogen-bond donors (Lipinski definition) is 1. The third-order valence-electron chi connectivity index (χ3n) is 6.02. The van der Waals surface area contributed by atoms with Crippen LogP contribution in [0.1, 0.15) is 25.3 Å². The van der Waals surface area contributed by atoms with Crippen LogP contribution in [-0.4, -0.2) is 78.4 Å². The zero-order valence-corrected chi connectivity index (χ0v) is 17.1. The second-order valence-corrected chi connectivity index (χ2v) is 7.59. The first-order valence-corrected chi connectivity index (χ1v) is 10.3. The van der Waals surface area contributed by atoms with Gasteiger partial charge in [0, 0.05) is 45.8 Å². The Labute approximate surface area is 172 Å². The normalized spacial score (nSPS) is 18.9. The molecule has 1 aromatic carbocycles. The predicted molar refractivity (Wildman–Crippen MR) is 111 cm³/mol. The first kappa shape index (κ1) is 20.9. The van der Waals surface area contributed by atoms with E-state index in [2.05, 4.69) is 11.9 Å². The van der Waals surface area contributed by atoms with E-state index in [0.717, 1.165) is 5.56 Å². The summed E-state index contributed by atoms with van der Waals surface area (Å²) in [7, 11) is 0. The monoisotopic (exact) mass is 398 g/mol. The van der Waals surface area contributed by atoms with Crippen LogP contribution in [0.5, 0.6) is 0 Å². The molecule has 2 aliphatic rings. The number of amides is 4. The SMILES string of the molecule is C=CC(=O)N1CCC(C(=O)N2CCN(C(=O)NCC)CC2)(c2ccccc2)CC1. The lowest BCUT2D eigenvalue weighted by Crippen LogP contribution is -2.59. The van der Waals surface area contributed by atoms with Crippen LogP contribution in [0.15, 0.2) is 43.0 Å². The molecule has 7 heteroatoms. The molecule has 2 aliphatic heterocycles. The lowest BCUT2D eigenvalue weighted by molar-refractivity contribution is -0.143. The van der Waals surface area contributed by atoms with Crippen molar-refractivity contribution in [3.8, 4) is 0 Å².